The highest BCUT2D eigenvalue weighted by molar-refractivity contribution is 7.92. The van der Waals surface area contributed by atoms with Crippen LogP contribution in [0.4, 0.5) is 5.69 Å². The Morgan fingerprint density at radius 3 is 2.17 bits per heavy atom. The van der Waals surface area contributed by atoms with E-state index in [-0.39, 0.29) is 37.4 Å². The molecule has 2 amide bonds. The van der Waals surface area contributed by atoms with E-state index in [2.05, 4.69) is 5.32 Å². The zero-order chi connectivity index (χ0) is 26.3. The average molecular weight is 522 g/mol. The van der Waals surface area contributed by atoms with Crippen LogP contribution in [0.3, 0.4) is 0 Å². The summed E-state index contributed by atoms with van der Waals surface area (Å²) in [7, 11) is -3.53. The lowest BCUT2D eigenvalue weighted by molar-refractivity contribution is -0.140. The van der Waals surface area contributed by atoms with Crippen molar-refractivity contribution in [3.63, 3.8) is 0 Å². The van der Waals surface area contributed by atoms with Crippen LogP contribution in [-0.2, 0) is 26.2 Å². The third-order valence-electron chi connectivity index (χ3n) is 5.80. The predicted molar refractivity (Wildman–Crippen MR) is 142 cm³/mol. The molecular weight excluding hydrogens is 486 g/mol. The third-order valence-corrected chi connectivity index (χ3v) is 7.24. The van der Waals surface area contributed by atoms with Gasteiger partial charge in [0.15, 0.2) is 0 Å². The highest BCUT2D eigenvalue weighted by Gasteiger charge is 2.27. The smallest absolute Gasteiger partial charge is 0.242 e. The van der Waals surface area contributed by atoms with Crippen LogP contribution in [0.25, 0.3) is 0 Å². The number of rotatable bonds is 11. The minimum atomic E-state index is -3.53. The molecule has 0 spiro atoms. The Labute approximate surface area is 214 Å². The monoisotopic (exact) mass is 521 g/mol. The van der Waals surface area contributed by atoms with E-state index in [4.69, 9.17) is 11.6 Å². The van der Waals surface area contributed by atoms with Crippen LogP contribution in [-0.4, -0.2) is 50.0 Å². The van der Waals surface area contributed by atoms with Gasteiger partial charge in [0.25, 0.3) is 0 Å². The number of carbonyl (C=O) groups excluding carboxylic acids is 2. The molecule has 7 nitrogen and oxygen atoms in total. The fourth-order valence-corrected chi connectivity index (χ4v) is 4.74. The van der Waals surface area contributed by atoms with Crippen molar-refractivity contribution in [3.8, 4) is 0 Å². The van der Waals surface area contributed by atoms with E-state index in [0.717, 1.165) is 22.9 Å². The van der Waals surface area contributed by atoms with Crippen molar-refractivity contribution in [1.82, 2.24) is 10.2 Å². The molecule has 0 aliphatic heterocycles. The van der Waals surface area contributed by atoms with Gasteiger partial charge in [0.1, 0.15) is 6.04 Å². The molecule has 35 heavy (non-hydrogen) atoms. The molecule has 2 rings (SSSR count). The van der Waals surface area contributed by atoms with Gasteiger partial charge in [0, 0.05) is 30.6 Å². The summed E-state index contributed by atoms with van der Waals surface area (Å²) in [6, 6.07) is 11.9. The molecule has 1 atom stereocenters. The Bertz CT molecular complexity index is 1130. The van der Waals surface area contributed by atoms with Gasteiger partial charge in [-0.15, -0.1) is 0 Å². The van der Waals surface area contributed by atoms with Gasteiger partial charge in [-0.2, -0.15) is 0 Å². The second-order valence-corrected chi connectivity index (χ2v) is 11.5. The number of sulfonamides is 1. The van der Waals surface area contributed by atoms with Gasteiger partial charge in [-0.05, 0) is 82.0 Å². The summed E-state index contributed by atoms with van der Waals surface area (Å²) in [4.78, 5) is 27.5. The highest BCUT2D eigenvalue weighted by atomic mass is 35.5. The Hall–Kier alpha value is -2.58. The Balaban J connectivity index is 2.18. The predicted octanol–water partition coefficient (Wildman–Crippen LogP) is 4.44. The minimum absolute atomic E-state index is 0.0567. The van der Waals surface area contributed by atoms with Crippen molar-refractivity contribution in [3.05, 3.63) is 64.2 Å². The lowest BCUT2D eigenvalue weighted by Crippen LogP contribution is -2.49. The first-order valence-corrected chi connectivity index (χ1v) is 13.9. The van der Waals surface area contributed by atoms with Crippen molar-refractivity contribution in [2.45, 2.75) is 66.1 Å². The topological polar surface area (TPSA) is 86.8 Å². The SMILES string of the molecule is Cc1ccc(N(CCCC(=O)N(Cc2ccc(Cl)cc2)[C@@H](C)C(=O)NC(C)C)S(C)(=O)=O)cc1C. The van der Waals surface area contributed by atoms with Crippen LogP contribution >= 0.6 is 11.6 Å². The second kappa shape index (κ2) is 12.4. The molecule has 192 valence electrons. The van der Waals surface area contributed by atoms with E-state index < -0.39 is 16.1 Å². The van der Waals surface area contributed by atoms with Crippen LogP contribution in [0, 0.1) is 13.8 Å². The molecule has 0 heterocycles. The molecule has 0 radical (unpaired) electrons. The van der Waals surface area contributed by atoms with Crippen LogP contribution in [0.1, 0.15) is 50.3 Å². The molecule has 0 fully saturated rings. The van der Waals surface area contributed by atoms with Gasteiger partial charge in [-0.25, -0.2) is 8.42 Å². The van der Waals surface area contributed by atoms with Gasteiger partial charge in [-0.3, -0.25) is 13.9 Å². The lowest BCUT2D eigenvalue weighted by Gasteiger charge is -2.30. The van der Waals surface area contributed by atoms with E-state index in [1.807, 2.05) is 52.0 Å². The van der Waals surface area contributed by atoms with Crippen LogP contribution in [0.5, 0.6) is 0 Å². The zero-order valence-electron chi connectivity index (χ0n) is 21.3. The quantitative estimate of drug-likeness (QED) is 0.473. The first kappa shape index (κ1) is 28.7. The molecular formula is C26H36ClN3O4S. The summed E-state index contributed by atoms with van der Waals surface area (Å²) in [5, 5.41) is 3.44. The molecule has 0 saturated heterocycles. The molecule has 0 bridgehead atoms. The highest BCUT2D eigenvalue weighted by Crippen LogP contribution is 2.22. The molecule has 2 aromatic carbocycles. The summed E-state index contributed by atoms with van der Waals surface area (Å²) in [6.45, 7) is 9.73. The van der Waals surface area contributed by atoms with Gasteiger partial charge < -0.3 is 10.2 Å². The Morgan fingerprint density at radius 2 is 1.63 bits per heavy atom. The van der Waals surface area contributed by atoms with Crippen LogP contribution in [0.2, 0.25) is 5.02 Å². The van der Waals surface area contributed by atoms with Crippen molar-refractivity contribution in [2.75, 3.05) is 17.1 Å². The number of hydrogen-bond donors (Lipinski definition) is 1. The van der Waals surface area contributed by atoms with E-state index in [1.165, 1.54) is 9.21 Å². The first-order chi connectivity index (χ1) is 16.3. The number of carbonyl (C=O) groups is 2. The maximum Gasteiger partial charge on any atom is 0.242 e. The fourth-order valence-electron chi connectivity index (χ4n) is 3.66. The van der Waals surface area contributed by atoms with Crippen LogP contribution < -0.4 is 9.62 Å². The molecule has 0 aliphatic rings. The number of amides is 2. The van der Waals surface area contributed by atoms with E-state index in [0.29, 0.717) is 17.1 Å². The number of benzene rings is 2. The Kier molecular flexibility index (Phi) is 10.2. The maximum atomic E-state index is 13.3. The third kappa shape index (κ3) is 8.54. The van der Waals surface area contributed by atoms with Gasteiger partial charge >= 0.3 is 0 Å². The van der Waals surface area contributed by atoms with E-state index >= 15 is 0 Å². The second-order valence-electron chi connectivity index (χ2n) is 9.19. The summed E-state index contributed by atoms with van der Waals surface area (Å²) in [6.07, 6.45) is 1.58. The lowest BCUT2D eigenvalue weighted by atomic mass is 10.1. The molecule has 0 unspecified atom stereocenters. The van der Waals surface area contributed by atoms with Crippen molar-refractivity contribution in [2.24, 2.45) is 0 Å². The molecule has 0 aliphatic carbocycles. The van der Waals surface area contributed by atoms with Crippen molar-refractivity contribution < 1.29 is 18.0 Å². The largest absolute Gasteiger partial charge is 0.352 e. The number of halogens is 1. The van der Waals surface area contributed by atoms with E-state index in [9.17, 15) is 18.0 Å². The number of nitrogens with zero attached hydrogens (tertiary/aromatic N) is 2. The number of nitrogens with one attached hydrogen (secondary N) is 1. The number of anilines is 1. The zero-order valence-corrected chi connectivity index (χ0v) is 22.9. The van der Waals surface area contributed by atoms with Gasteiger partial charge in [0.05, 0.1) is 11.9 Å². The van der Waals surface area contributed by atoms with E-state index in [1.54, 1.807) is 25.1 Å². The maximum absolute atomic E-state index is 13.3. The number of aryl methyl sites for hydroxylation is 2. The first-order valence-electron chi connectivity index (χ1n) is 11.7. The molecule has 9 heteroatoms. The normalized spacial score (nSPS) is 12.3. The van der Waals surface area contributed by atoms with Gasteiger partial charge in [-0.1, -0.05) is 29.8 Å². The number of hydrogen-bond acceptors (Lipinski definition) is 4. The summed E-state index contributed by atoms with van der Waals surface area (Å²) < 4.78 is 26.3. The summed E-state index contributed by atoms with van der Waals surface area (Å²) in [5.74, 6) is -0.463. The van der Waals surface area contributed by atoms with Gasteiger partial charge in [0.2, 0.25) is 21.8 Å². The van der Waals surface area contributed by atoms with Crippen molar-refractivity contribution in [1.29, 1.82) is 0 Å². The van der Waals surface area contributed by atoms with Crippen molar-refractivity contribution >= 4 is 39.1 Å². The summed E-state index contributed by atoms with van der Waals surface area (Å²) in [5.41, 5.74) is 3.49. The minimum Gasteiger partial charge on any atom is -0.352 e. The fraction of sp³-hybridized carbons (Fsp3) is 0.462. The summed E-state index contributed by atoms with van der Waals surface area (Å²) >= 11 is 5.99. The van der Waals surface area contributed by atoms with Crippen LogP contribution in [0.15, 0.2) is 42.5 Å². The standard InChI is InChI=1S/C26H36ClN3O4S/c1-18(2)28-26(32)21(5)29(17-22-10-12-23(27)13-11-22)25(31)8-7-15-30(35(6,33)34)24-14-9-19(3)20(4)16-24/h9-14,16,18,21H,7-8,15,17H2,1-6H3,(H,28,32)/t21-/m0/s1. The molecule has 2 aromatic rings. The molecule has 1 N–H and O–H groups in total. The molecule has 0 aromatic heterocycles. The average Bonchev–Trinajstić information content (AvgIpc) is 2.76. The molecule has 0 saturated carbocycles. The Morgan fingerprint density at radius 1 is 1.00 bits per heavy atom.